The topological polar surface area (TPSA) is 33.0 Å². The normalized spacial score (nSPS) is 10.3. The van der Waals surface area contributed by atoms with E-state index < -0.39 is 5.82 Å². The molecule has 0 aliphatic carbocycles. The number of aryl methyl sites for hydroxylation is 2. The summed E-state index contributed by atoms with van der Waals surface area (Å²) in [5, 5.41) is 8.85. The van der Waals surface area contributed by atoms with Gasteiger partial charge in [-0.05, 0) is 65.9 Å². The molecule has 0 fully saturated rings. The van der Waals surface area contributed by atoms with Crippen molar-refractivity contribution in [3.63, 3.8) is 0 Å². The zero-order chi connectivity index (χ0) is 17.8. The van der Waals surface area contributed by atoms with Crippen LogP contribution in [0.25, 0.3) is 11.1 Å². The molecular weight excluding hydrogens is 313 g/mol. The van der Waals surface area contributed by atoms with Crippen molar-refractivity contribution in [2.75, 3.05) is 0 Å². The number of hydrogen-bond donors (Lipinski definition) is 0. The van der Waals surface area contributed by atoms with Gasteiger partial charge in [-0.1, -0.05) is 36.4 Å². The smallest absolute Gasteiger partial charge is 0.141 e. The fourth-order valence-electron chi connectivity index (χ4n) is 2.86. The third-order valence-corrected chi connectivity index (χ3v) is 4.11. The van der Waals surface area contributed by atoms with Crippen molar-refractivity contribution >= 4 is 0 Å². The average molecular weight is 331 g/mol. The van der Waals surface area contributed by atoms with E-state index in [0.29, 0.717) is 6.61 Å². The molecule has 3 heteroatoms. The first kappa shape index (κ1) is 16.7. The van der Waals surface area contributed by atoms with Gasteiger partial charge in [0, 0.05) is 0 Å². The number of benzene rings is 3. The molecule has 0 bridgehead atoms. The molecule has 0 spiro atoms. The van der Waals surface area contributed by atoms with E-state index in [1.165, 1.54) is 12.1 Å². The third kappa shape index (κ3) is 3.70. The standard InChI is InChI=1S/C22H18FNO/c1-15-10-20(18-8-9-19(13-24)21(23)12-18)11-16(2)22(15)25-14-17-6-4-3-5-7-17/h3-12H,14H2,1-2H3. The lowest BCUT2D eigenvalue weighted by Gasteiger charge is -2.14. The molecule has 0 atom stereocenters. The van der Waals surface area contributed by atoms with Gasteiger partial charge in [-0.25, -0.2) is 4.39 Å². The van der Waals surface area contributed by atoms with Gasteiger partial charge in [0.15, 0.2) is 0 Å². The fraction of sp³-hybridized carbons (Fsp3) is 0.136. The van der Waals surface area contributed by atoms with Gasteiger partial charge in [0.2, 0.25) is 0 Å². The summed E-state index contributed by atoms with van der Waals surface area (Å²) in [7, 11) is 0. The Morgan fingerprint density at radius 3 is 2.20 bits per heavy atom. The van der Waals surface area contributed by atoms with E-state index in [-0.39, 0.29) is 5.56 Å². The number of hydrogen-bond acceptors (Lipinski definition) is 2. The van der Waals surface area contributed by atoms with Gasteiger partial charge in [0.25, 0.3) is 0 Å². The van der Waals surface area contributed by atoms with Crippen LogP contribution in [0.3, 0.4) is 0 Å². The molecule has 0 unspecified atom stereocenters. The first-order valence-corrected chi connectivity index (χ1v) is 8.06. The summed E-state index contributed by atoms with van der Waals surface area (Å²) in [6.07, 6.45) is 0. The average Bonchev–Trinajstić information content (AvgIpc) is 2.61. The summed E-state index contributed by atoms with van der Waals surface area (Å²) in [5.74, 6) is 0.349. The Balaban J connectivity index is 1.87. The number of halogens is 1. The predicted molar refractivity (Wildman–Crippen MR) is 96.8 cm³/mol. The van der Waals surface area contributed by atoms with Crippen molar-refractivity contribution in [2.45, 2.75) is 20.5 Å². The molecule has 3 rings (SSSR count). The molecule has 0 aliphatic heterocycles. The maximum atomic E-state index is 13.9. The van der Waals surface area contributed by atoms with Crippen molar-refractivity contribution in [1.29, 1.82) is 5.26 Å². The van der Waals surface area contributed by atoms with Crippen molar-refractivity contribution in [3.8, 4) is 22.9 Å². The molecule has 25 heavy (non-hydrogen) atoms. The van der Waals surface area contributed by atoms with Crippen LogP contribution in [-0.4, -0.2) is 0 Å². The molecule has 3 aromatic carbocycles. The predicted octanol–water partition coefficient (Wildman–Crippen LogP) is 5.56. The van der Waals surface area contributed by atoms with E-state index in [0.717, 1.165) is 33.6 Å². The van der Waals surface area contributed by atoms with E-state index in [1.54, 1.807) is 6.07 Å². The summed E-state index contributed by atoms with van der Waals surface area (Å²) in [6.45, 7) is 4.47. The lowest BCUT2D eigenvalue weighted by atomic mass is 9.98. The number of nitrogens with zero attached hydrogens (tertiary/aromatic N) is 1. The Labute approximate surface area is 147 Å². The van der Waals surface area contributed by atoms with E-state index in [1.807, 2.05) is 62.4 Å². The highest BCUT2D eigenvalue weighted by atomic mass is 19.1. The van der Waals surface area contributed by atoms with Crippen molar-refractivity contribution in [1.82, 2.24) is 0 Å². The van der Waals surface area contributed by atoms with Crippen LogP contribution in [0, 0.1) is 31.0 Å². The minimum Gasteiger partial charge on any atom is -0.488 e. The highest BCUT2D eigenvalue weighted by Gasteiger charge is 2.10. The Morgan fingerprint density at radius 1 is 0.920 bits per heavy atom. The molecule has 0 aliphatic rings. The highest BCUT2D eigenvalue weighted by molar-refractivity contribution is 5.68. The van der Waals surface area contributed by atoms with Crippen LogP contribution in [0.2, 0.25) is 0 Å². The summed E-state index contributed by atoms with van der Waals surface area (Å²) in [4.78, 5) is 0. The zero-order valence-corrected chi connectivity index (χ0v) is 14.2. The molecule has 0 amide bonds. The molecule has 0 heterocycles. The Kier molecular flexibility index (Phi) is 4.81. The van der Waals surface area contributed by atoms with Crippen LogP contribution in [0.1, 0.15) is 22.3 Å². The molecule has 2 nitrogen and oxygen atoms in total. The SMILES string of the molecule is Cc1cc(-c2ccc(C#N)c(F)c2)cc(C)c1OCc1ccccc1. The second-order valence-corrected chi connectivity index (χ2v) is 6.02. The van der Waals surface area contributed by atoms with E-state index >= 15 is 0 Å². The largest absolute Gasteiger partial charge is 0.488 e. The Hall–Kier alpha value is -3.12. The van der Waals surface area contributed by atoms with Gasteiger partial charge in [-0.15, -0.1) is 0 Å². The molecule has 0 aromatic heterocycles. The number of rotatable bonds is 4. The third-order valence-electron chi connectivity index (χ3n) is 4.11. The fourth-order valence-corrected chi connectivity index (χ4v) is 2.86. The van der Waals surface area contributed by atoms with Crippen molar-refractivity contribution < 1.29 is 9.13 Å². The molecule has 0 radical (unpaired) electrons. The van der Waals surface area contributed by atoms with Crippen molar-refractivity contribution in [2.24, 2.45) is 0 Å². The first-order valence-electron chi connectivity index (χ1n) is 8.06. The lowest BCUT2D eigenvalue weighted by molar-refractivity contribution is 0.302. The number of ether oxygens (including phenoxy) is 1. The summed E-state index contributed by atoms with van der Waals surface area (Å²) in [5.41, 5.74) is 4.81. The monoisotopic (exact) mass is 331 g/mol. The van der Waals surface area contributed by atoms with E-state index in [9.17, 15) is 4.39 Å². The maximum absolute atomic E-state index is 13.9. The molecular formula is C22H18FNO. The first-order chi connectivity index (χ1) is 12.1. The Morgan fingerprint density at radius 2 is 1.60 bits per heavy atom. The van der Waals surface area contributed by atoms with Gasteiger partial charge < -0.3 is 4.74 Å². The molecule has 0 N–H and O–H groups in total. The Bertz CT molecular complexity index is 919. The van der Waals surface area contributed by atoms with Crippen LogP contribution >= 0.6 is 0 Å². The van der Waals surface area contributed by atoms with Crippen LogP contribution in [-0.2, 0) is 6.61 Å². The van der Waals surface area contributed by atoms with Gasteiger partial charge in [-0.3, -0.25) is 0 Å². The molecule has 0 saturated heterocycles. The second kappa shape index (κ2) is 7.19. The molecule has 0 saturated carbocycles. The van der Waals surface area contributed by atoms with Gasteiger partial charge >= 0.3 is 0 Å². The van der Waals surface area contributed by atoms with Crippen LogP contribution < -0.4 is 4.74 Å². The van der Waals surface area contributed by atoms with E-state index in [2.05, 4.69) is 0 Å². The molecule has 3 aromatic rings. The maximum Gasteiger partial charge on any atom is 0.141 e. The minimum atomic E-state index is -0.500. The zero-order valence-electron chi connectivity index (χ0n) is 14.2. The summed E-state index contributed by atoms with van der Waals surface area (Å²) in [6, 6.07) is 20.5. The second-order valence-electron chi connectivity index (χ2n) is 6.02. The van der Waals surface area contributed by atoms with Gasteiger partial charge in [0.05, 0.1) is 5.56 Å². The summed E-state index contributed by atoms with van der Waals surface area (Å²) >= 11 is 0. The van der Waals surface area contributed by atoms with Crippen molar-refractivity contribution in [3.05, 3.63) is 88.7 Å². The van der Waals surface area contributed by atoms with Crippen LogP contribution in [0.4, 0.5) is 4.39 Å². The quantitative estimate of drug-likeness (QED) is 0.627. The van der Waals surface area contributed by atoms with Gasteiger partial charge in [0.1, 0.15) is 24.2 Å². The molecule has 124 valence electrons. The minimum absolute atomic E-state index is 0.0556. The summed E-state index contributed by atoms with van der Waals surface area (Å²) < 4.78 is 19.9. The van der Waals surface area contributed by atoms with Crippen LogP contribution in [0.5, 0.6) is 5.75 Å². The van der Waals surface area contributed by atoms with E-state index in [4.69, 9.17) is 10.00 Å². The van der Waals surface area contributed by atoms with Gasteiger partial charge in [-0.2, -0.15) is 5.26 Å². The highest BCUT2D eigenvalue weighted by Crippen LogP contribution is 2.31. The lowest BCUT2D eigenvalue weighted by Crippen LogP contribution is -1.99. The number of nitriles is 1. The van der Waals surface area contributed by atoms with Crippen LogP contribution in [0.15, 0.2) is 60.7 Å².